The van der Waals surface area contributed by atoms with Gasteiger partial charge < -0.3 is 4.74 Å². The van der Waals surface area contributed by atoms with Crippen LogP contribution >= 0.6 is 0 Å². The number of anilines is 1. The molecule has 27 heavy (non-hydrogen) atoms. The predicted octanol–water partition coefficient (Wildman–Crippen LogP) is 2.59. The van der Waals surface area contributed by atoms with E-state index in [1.807, 2.05) is 6.92 Å². The first-order valence-corrected chi connectivity index (χ1v) is 9.81. The zero-order chi connectivity index (χ0) is 19.3. The highest BCUT2D eigenvalue weighted by molar-refractivity contribution is 7.89. The fourth-order valence-corrected chi connectivity index (χ4v) is 5.46. The summed E-state index contributed by atoms with van der Waals surface area (Å²) < 4.78 is 32.5. The van der Waals surface area contributed by atoms with E-state index >= 15 is 0 Å². The Kier molecular flexibility index (Phi) is 3.94. The maximum absolute atomic E-state index is 13.2. The van der Waals surface area contributed by atoms with E-state index in [9.17, 15) is 18.5 Å². The molecule has 2 aliphatic rings. The summed E-state index contributed by atoms with van der Waals surface area (Å²) in [6.07, 6.45) is -0.688. The molecule has 1 saturated heterocycles. The summed E-state index contributed by atoms with van der Waals surface area (Å²) in [6.45, 7) is 1.88. The van der Waals surface area contributed by atoms with Crippen molar-refractivity contribution in [1.82, 2.24) is 4.31 Å². The van der Waals surface area contributed by atoms with E-state index in [1.165, 1.54) is 16.3 Å². The molecule has 0 spiro atoms. The van der Waals surface area contributed by atoms with Crippen LogP contribution < -0.4 is 4.90 Å². The van der Waals surface area contributed by atoms with Crippen molar-refractivity contribution >= 4 is 21.8 Å². The number of para-hydroxylation sites is 1. The normalized spacial score (nSPS) is 25.7. The van der Waals surface area contributed by atoms with E-state index in [1.54, 1.807) is 48.5 Å². The predicted molar refractivity (Wildman–Crippen MR) is 97.5 cm³/mol. The number of methoxy groups -OCH3 is 1. The molecular weight excluding hydrogens is 366 g/mol. The zero-order valence-corrected chi connectivity index (χ0v) is 15.6. The number of carbonyl (C=O) groups excluding carboxylic acids is 1. The van der Waals surface area contributed by atoms with Gasteiger partial charge in [-0.1, -0.05) is 35.9 Å². The summed E-state index contributed by atoms with van der Waals surface area (Å²) in [6, 6.07) is 13.6. The van der Waals surface area contributed by atoms with Gasteiger partial charge in [0.15, 0.2) is 0 Å². The molecule has 0 aromatic heterocycles. The highest BCUT2D eigenvalue weighted by Crippen LogP contribution is 2.56. The van der Waals surface area contributed by atoms with Crippen molar-refractivity contribution in [3.8, 4) is 6.07 Å². The third-order valence-corrected chi connectivity index (χ3v) is 6.91. The molecule has 0 aliphatic carbocycles. The van der Waals surface area contributed by atoms with Crippen molar-refractivity contribution in [3.05, 3.63) is 59.7 Å². The monoisotopic (exact) mass is 383 g/mol. The second-order valence-corrected chi connectivity index (χ2v) is 8.40. The van der Waals surface area contributed by atoms with E-state index in [0.717, 1.165) is 5.56 Å². The average Bonchev–Trinajstić information content (AvgIpc) is 3.43. The van der Waals surface area contributed by atoms with Gasteiger partial charge in [-0.25, -0.2) is 13.2 Å². The molecule has 8 heteroatoms. The molecule has 1 amide bonds. The van der Waals surface area contributed by atoms with Crippen molar-refractivity contribution < 1.29 is 17.9 Å². The molecular formula is C19H17N3O4S. The van der Waals surface area contributed by atoms with Crippen LogP contribution in [0.15, 0.2) is 53.4 Å². The zero-order valence-electron chi connectivity index (χ0n) is 14.7. The first-order chi connectivity index (χ1) is 12.9. The first-order valence-electron chi connectivity index (χ1n) is 8.37. The molecule has 7 nitrogen and oxygen atoms in total. The molecule has 0 radical (unpaired) electrons. The van der Waals surface area contributed by atoms with Crippen molar-refractivity contribution in [2.24, 2.45) is 0 Å². The molecule has 0 N–H and O–H groups in total. The van der Waals surface area contributed by atoms with E-state index in [0.29, 0.717) is 11.3 Å². The number of rotatable bonds is 2. The second-order valence-electron chi connectivity index (χ2n) is 6.56. The van der Waals surface area contributed by atoms with E-state index in [-0.39, 0.29) is 4.90 Å². The Morgan fingerprint density at radius 1 is 1.15 bits per heavy atom. The molecule has 2 aromatic rings. The summed E-state index contributed by atoms with van der Waals surface area (Å²) in [5.41, 5.74) is 2.14. The van der Waals surface area contributed by atoms with Gasteiger partial charge in [0.2, 0.25) is 10.0 Å². The fraction of sp³-hybridized carbons (Fsp3) is 0.263. The third-order valence-electron chi connectivity index (χ3n) is 5.02. The molecule has 2 heterocycles. The van der Waals surface area contributed by atoms with Crippen molar-refractivity contribution in [3.63, 3.8) is 0 Å². The Hall–Kier alpha value is -2.89. The number of ether oxygens (including phenoxy) is 1. The number of carbonyl (C=O) groups is 1. The number of hydrogen-bond acceptors (Lipinski definition) is 5. The molecule has 2 aromatic carbocycles. The Morgan fingerprint density at radius 2 is 1.81 bits per heavy atom. The number of amides is 1. The van der Waals surface area contributed by atoms with Gasteiger partial charge in [-0.15, -0.1) is 0 Å². The van der Waals surface area contributed by atoms with Crippen LogP contribution in [0.25, 0.3) is 0 Å². The summed E-state index contributed by atoms with van der Waals surface area (Å²) >= 11 is 0. The average molecular weight is 383 g/mol. The van der Waals surface area contributed by atoms with Crippen LogP contribution in [-0.4, -0.2) is 38.0 Å². The molecule has 1 unspecified atom stereocenters. The second kappa shape index (κ2) is 6.08. The van der Waals surface area contributed by atoms with Gasteiger partial charge in [0.05, 0.1) is 35.8 Å². The number of nitrogens with zero attached hydrogens (tertiary/aromatic N) is 3. The number of nitriles is 1. The van der Waals surface area contributed by atoms with Crippen molar-refractivity contribution in [1.29, 1.82) is 5.26 Å². The maximum Gasteiger partial charge on any atom is 0.415 e. The first kappa shape index (κ1) is 17.5. The van der Waals surface area contributed by atoms with Crippen LogP contribution in [0.4, 0.5) is 10.5 Å². The van der Waals surface area contributed by atoms with Gasteiger partial charge in [-0.2, -0.15) is 9.57 Å². The van der Waals surface area contributed by atoms with E-state index in [2.05, 4.69) is 6.07 Å². The fourth-order valence-electron chi connectivity index (χ4n) is 3.71. The number of sulfonamides is 1. The van der Waals surface area contributed by atoms with Crippen LogP contribution in [0.1, 0.15) is 17.2 Å². The van der Waals surface area contributed by atoms with Gasteiger partial charge in [0, 0.05) is 0 Å². The topological polar surface area (TPSA) is 90.5 Å². The Morgan fingerprint density at radius 3 is 2.44 bits per heavy atom. The van der Waals surface area contributed by atoms with Crippen LogP contribution in [0, 0.1) is 18.3 Å². The Labute approximate surface area is 157 Å². The lowest BCUT2D eigenvalue weighted by atomic mass is 9.97. The molecule has 4 atom stereocenters. The van der Waals surface area contributed by atoms with Gasteiger partial charge in [0.25, 0.3) is 0 Å². The van der Waals surface area contributed by atoms with Crippen molar-refractivity contribution in [2.75, 3.05) is 12.0 Å². The lowest BCUT2D eigenvalue weighted by Crippen LogP contribution is -2.46. The maximum atomic E-state index is 13.2. The number of aryl methyl sites for hydroxylation is 1. The number of hydrogen-bond donors (Lipinski definition) is 0. The standard InChI is InChI=1S/C19H17N3O4S/c1-12-7-9-13(10-8-12)27(24,25)22-17-14-5-3-4-6-15(14)21(19(23)26-2)16(11-20)18(17)22/h3-10,16-18H,1-2H3/t16-,17+,18-,22?/m1/s1. The molecule has 1 fully saturated rings. The lowest BCUT2D eigenvalue weighted by molar-refractivity contribution is 0.176. The quantitative estimate of drug-likeness (QED) is 0.744. The smallest absolute Gasteiger partial charge is 0.415 e. The van der Waals surface area contributed by atoms with Gasteiger partial charge >= 0.3 is 6.09 Å². The minimum Gasteiger partial charge on any atom is -0.452 e. The Balaban J connectivity index is 1.82. The van der Waals surface area contributed by atoms with Crippen LogP contribution in [0.5, 0.6) is 0 Å². The summed E-state index contributed by atoms with van der Waals surface area (Å²) in [5.74, 6) is 0. The van der Waals surface area contributed by atoms with Crippen molar-refractivity contribution in [2.45, 2.75) is 29.9 Å². The minimum absolute atomic E-state index is 0.168. The third kappa shape index (κ3) is 2.51. The van der Waals surface area contributed by atoms with Crippen LogP contribution in [0.2, 0.25) is 0 Å². The summed E-state index contributed by atoms with van der Waals surface area (Å²) in [5, 5.41) is 9.70. The number of benzene rings is 2. The molecule has 4 rings (SSSR count). The molecule has 0 saturated carbocycles. The van der Waals surface area contributed by atoms with E-state index in [4.69, 9.17) is 4.74 Å². The highest BCUT2D eigenvalue weighted by atomic mass is 32.2. The summed E-state index contributed by atoms with van der Waals surface area (Å²) in [7, 11) is -2.57. The minimum atomic E-state index is -3.80. The lowest BCUT2D eigenvalue weighted by Gasteiger charge is -2.30. The Bertz CT molecular complexity index is 1060. The van der Waals surface area contributed by atoms with Gasteiger partial charge in [-0.05, 0) is 30.7 Å². The van der Waals surface area contributed by atoms with Gasteiger partial charge in [0.1, 0.15) is 6.04 Å². The molecule has 138 valence electrons. The van der Waals surface area contributed by atoms with Crippen LogP contribution in [0.3, 0.4) is 0 Å². The SMILES string of the molecule is COC(=O)N1c2ccccc2[C@H]2[C@@H]([C@H]1C#N)N2S(=O)(=O)c1ccc(C)cc1. The highest BCUT2D eigenvalue weighted by Gasteiger charge is 2.65. The largest absolute Gasteiger partial charge is 0.452 e. The van der Waals surface area contributed by atoms with E-state index < -0.39 is 34.2 Å². The van der Waals surface area contributed by atoms with Crippen LogP contribution in [-0.2, 0) is 14.8 Å². The molecule has 0 bridgehead atoms. The summed E-state index contributed by atoms with van der Waals surface area (Å²) in [4.78, 5) is 13.7. The van der Waals surface area contributed by atoms with Gasteiger partial charge in [-0.3, -0.25) is 4.90 Å². The number of fused-ring (bicyclic) bond motifs is 3. The molecule has 2 aliphatic heterocycles.